The zero-order chi connectivity index (χ0) is 15.8. The number of hydrogen-bond acceptors (Lipinski definition) is 2. The fourth-order valence-electron chi connectivity index (χ4n) is 2.05. The summed E-state index contributed by atoms with van der Waals surface area (Å²) in [7, 11) is 1.81. The molecule has 0 radical (unpaired) electrons. The van der Waals surface area contributed by atoms with Gasteiger partial charge in [0.05, 0.1) is 6.10 Å². The molecule has 0 aliphatic heterocycles. The highest BCUT2D eigenvalue weighted by Gasteiger charge is 2.12. The number of benzene rings is 1. The van der Waals surface area contributed by atoms with Gasteiger partial charge in [-0.2, -0.15) is 0 Å². The summed E-state index contributed by atoms with van der Waals surface area (Å²) in [5.41, 5.74) is 3.68. The van der Waals surface area contributed by atoms with Crippen LogP contribution in [0.3, 0.4) is 0 Å². The van der Waals surface area contributed by atoms with Gasteiger partial charge in [0.15, 0.2) is 0 Å². The summed E-state index contributed by atoms with van der Waals surface area (Å²) in [5.74, 6) is 0. The Morgan fingerprint density at radius 2 is 2.10 bits per heavy atom. The number of rotatable bonds is 7. The second kappa shape index (κ2) is 8.67. The molecular formula is C17H28N2O2. The van der Waals surface area contributed by atoms with Crippen LogP contribution in [0.4, 0.5) is 4.79 Å². The quantitative estimate of drug-likeness (QED) is 0.838. The van der Waals surface area contributed by atoms with E-state index in [0.29, 0.717) is 13.1 Å². The minimum Gasteiger partial charge on any atom is -0.377 e. The topological polar surface area (TPSA) is 41.6 Å². The molecule has 0 aromatic heterocycles. The first-order valence-electron chi connectivity index (χ1n) is 7.61. The SMILES string of the molecule is CCCOC(C)CNC(=O)N(C)Cc1cccc(C)c1C. The van der Waals surface area contributed by atoms with Crippen LogP contribution in [0, 0.1) is 13.8 Å². The van der Waals surface area contributed by atoms with Gasteiger partial charge in [0.1, 0.15) is 0 Å². The second-order valence-corrected chi connectivity index (χ2v) is 5.58. The maximum atomic E-state index is 12.1. The number of urea groups is 1. The molecule has 4 nitrogen and oxygen atoms in total. The molecule has 1 aromatic carbocycles. The third-order valence-electron chi connectivity index (χ3n) is 3.62. The fourth-order valence-corrected chi connectivity index (χ4v) is 2.05. The number of amides is 2. The molecule has 118 valence electrons. The average molecular weight is 292 g/mol. The number of carbonyl (C=O) groups excluding carboxylic acids is 1. The van der Waals surface area contributed by atoms with Crippen molar-refractivity contribution in [1.29, 1.82) is 0 Å². The minimum absolute atomic E-state index is 0.0444. The molecule has 1 unspecified atom stereocenters. The van der Waals surface area contributed by atoms with E-state index in [1.54, 1.807) is 4.90 Å². The van der Waals surface area contributed by atoms with E-state index in [0.717, 1.165) is 13.0 Å². The summed E-state index contributed by atoms with van der Waals surface area (Å²) >= 11 is 0. The van der Waals surface area contributed by atoms with E-state index in [-0.39, 0.29) is 12.1 Å². The molecule has 0 aliphatic carbocycles. The predicted molar refractivity (Wildman–Crippen MR) is 86.5 cm³/mol. The summed E-state index contributed by atoms with van der Waals surface area (Å²) in [6.07, 6.45) is 1.04. The Bertz CT molecular complexity index is 460. The van der Waals surface area contributed by atoms with Gasteiger partial charge >= 0.3 is 6.03 Å². The third kappa shape index (κ3) is 5.76. The first kappa shape index (κ1) is 17.5. The van der Waals surface area contributed by atoms with Gasteiger partial charge in [-0.05, 0) is 43.9 Å². The van der Waals surface area contributed by atoms with Gasteiger partial charge in [0.25, 0.3) is 0 Å². The van der Waals surface area contributed by atoms with Gasteiger partial charge in [-0.3, -0.25) is 0 Å². The Balaban J connectivity index is 2.46. The smallest absolute Gasteiger partial charge is 0.317 e. The lowest BCUT2D eigenvalue weighted by molar-refractivity contribution is 0.0668. The number of nitrogens with one attached hydrogen (secondary N) is 1. The summed E-state index contributed by atoms with van der Waals surface area (Å²) < 4.78 is 5.54. The second-order valence-electron chi connectivity index (χ2n) is 5.58. The molecule has 0 bridgehead atoms. The van der Waals surface area contributed by atoms with E-state index in [2.05, 4.69) is 38.2 Å². The number of nitrogens with zero attached hydrogens (tertiary/aromatic N) is 1. The lowest BCUT2D eigenvalue weighted by atomic mass is 10.0. The maximum absolute atomic E-state index is 12.1. The van der Waals surface area contributed by atoms with Crippen molar-refractivity contribution in [2.24, 2.45) is 0 Å². The highest BCUT2D eigenvalue weighted by atomic mass is 16.5. The molecule has 0 saturated heterocycles. The average Bonchev–Trinajstić information content (AvgIpc) is 2.47. The van der Waals surface area contributed by atoms with Crippen molar-refractivity contribution in [3.8, 4) is 0 Å². The van der Waals surface area contributed by atoms with Crippen LogP contribution in [0.1, 0.15) is 37.0 Å². The molecule has 1 atom stereocenters. The third-order valence-corrected chi connectivity index (χ3v) is 3.62. The minimum atomic E-state index is -0.0668. The molecule has 1 aromatic rings. The number of hydrogen-bond donors (Lipinski definition) is 1. The molecule has 0 spiro atoms. The lowest BCUT2D eigenvalue weighted by Gasteiger charge is -2.21. The Hall–Kier alpha value is -1.55. The van der Waals surface area contributed by atoms with E-state index >= 15 is 0 Å². The van der Waals surface area contributed by atoms with E-state index in [1.165, 1.54) is 16.7 Å². The zero-order valence-corrected chi connectivity index (χ0v) is 13.9. The van der Waals surface area contributed by atoms with Crippen molar-refractivity contribution in [2.45, 2.75) is 46.8 Å². The number of ether oxygens (including phenoxy) is 1. The molecule has 1 N–H and O–H groups in total. The molecular weight excluding hydrogens is 264 g/mol. The number of carbonyl (C=O) groups is 1. The maximum Gasteiger partial charge on any atom is 0.317 e. The van der Waals surface area contributed by atoms with Gasteiger partial charge in [-0.15, -0.1) is 0 Å². The molecule has 0 aliphatic rings. The Morgan fingerprint density at radius 1 is 1.38 bits per heavy atom. The zero-order valence-electron chi connectivity index (χ0n) is 13.9. The van der Waals surface area contributed by atoms with E-state index < -0.39 is 0 Å². The first-order valence-corrected chi connectivity index (χ1v) is 7.61. The van der Waals surface area contributed by atoms with Crippen LogP contribution in [-0.4, -0.2) is 37.2 Å². The summed E-state index contributed by atoms with van der Waals surface area (Å²) in [6, 6.07) is 6.12. The van der Waals surface area contributed by atoms with Crippen molar-refractivity contribution in [2.75, 3.05) is 20.2 Å². The van der Waals surface area contributed by atoms with Crippen molar-refractivity contribution in [3.05, 3.63) is 34.9 Å². The van der Waals surface area contributed by atoms with Crippen LogP contribution < -0.4 is 5.32 Å². The van der Waals surface area contributed by atoms with Crippen LogP contribution in [0.2, 0.25) is 0 Å². The Labute approximate surface area is 128 Å². The molecule has 1 rings (SSSR count). The summed E-state index contributed by atoms with van der Waals surface area (Å²) in [6.45, 7) is 10.1. The van der Waals surface area contributed by atoms with Crippen molar-refractivity contribution in [3.63, 3.8) is 0 Å². The van der Waals surface area contributed by atoms with Gasteiger partial charge in [-0.25, -0.2) is 4.79 Å². The normalized spacial score (nSPS) is 12.0. The molecule has 2 amide bonds. The Morgan fingerprint density at radius 3 is 2.76 bits per heavy atom. The summed E-state index contributed by atoms with van der Waals surface area (Å²) in [5, 5.41) is 2.91. The highest BCUT2D eigenvalue weighted by Crippen LogP contribution is 2.14. The highest BCUT2D eigenvalue weighted by molar-refractivity contribution is 5.73. The van der Waals surface area contributed by atoms with Gasteiger partial charge < -0.3 is 15.0 Å². The van der Waals surface area contributed by atoms with Gasteiger partial charge in [-0.1, -0.05) is 25.1 Å². The molecule has 21 heavy (non-hydrogen) atoms. The molecule has 0 heterocycles. The molecule has 0 fully saturated rings. The largest absolute Gasteiger partial charge is 0.377 e. The van der Waals surface area contributed by atoms with E-state index in [9.17, 15) is 4.79 Å². The van der Waals surface area contributed by atoms with Crippen LogP contribution in [0.5, 0.6) is 0 Å². The van der Waals surface area contributed by atoms with Crippen LogP contribution in [-0.2, 0) is 11.3 Å². The van der Waals surface area contributed by atoms with Crippen molar-refractivity contribution in [1.82, 2.24) is 10.2 Å². The molecule has 4 heteroatoms. The number of aryl methyl sites for hydroxylation is 1. The molecule has 0 saturated carbocycles. The van der Waals surface area contributed by atoms with Crippen LogP contribution >= 0.6 is 0 Å². The van der Waals surface area contributed by atoms with Crippen molar-refractivity contribution < 1.29 is 9.53 Å². The van der Waals surface area contributed by atoms with Crippen LogP contribution in [0.15, 0.2) is 18.2 Å². The van der Waals surface area contributed by atoms with Crippen LogP contribution in [0.25, 0.3) is 0 Å². The first-order chi connectivity index (χ1) is 9.95. The van der Waals surface area contributed by atoms with Crippen molar-refractivity contribution >= 4 is 6.03 Å². The monoisotopic (exact) mass is 292 g/mol. The standard InChI is InChI=1S/C17H28N2O2/c1-6-10-21-14(3)11-18-17(20)19(5)12-16-9-7-8-13(2)15(16)4/h7-9,14H,6,10-12H2,1-5H3,(H,18,20). The predicted octanol–water partition coefficient (Wildman–Crippen LogP) is 3.26. The van der Waals surface area contributed by atoms with E-state index in [4.69, 9.17) is 4.74 Å². The summed E-state index contributed by atoms with van der Waals surface area (Å²) in [4.78, 5) is 13.8. The van der Waals surface area contributed by atoms with Gasteiger partial charge in [0, 0.05) is 26.7 Å². The fraction of sp³-hybridized carbons (Fsp3) is 0.588. The lowest BCUT2D eigenvalue weighted by Crippen LogP contribution is -2.40. The Kier molecular flexibility index (Phi) is 7.23. The van der Waals surface area contributed by atoms with E-state index in [1.807, 2.05) is 20.0 Å². The van der Waals surface area contributed by atoms with Gasteiger partial charge in [0.2, 0.25) is 0 Å².